The first-order chi connectivity index (χ1) is 11.1. The van der Waals surface area contributed by atoms with E-state index in [0.717, 1.165) is 10.6 Å². The van der Waals surface area contributed by atoms with Gasteiger partial charge in [0.1, 0.15) is 5.82 Å². The maximum Gasteiger partial charge on any atom is 0.274 e. The number of halogens is 2. The van der Waals surface area contributed by atoms with Crippen molar-refractivity contribution in [3.05, 3.63) is 63.9 Å². The predicted molar refractivity (Wildman–Crippen MR) is 89.1 cm³/mol. The molecular weight excluding hydrogens is 337 g/mol. The zero-order valence-electron chi connectivity index (χ0n) is 12.2. The van der Waals surface area contributed by atoms with E-state index >= 15 is 0 Å². The van der Waals surface area contributed by atoms with Crippen LogP contribution in [0.15, 0.2) is 41.8 Å². The van der Waals surface area contributed by atoms with E-state index in [1.807, 2.05) is 17.5 Å². The van der Waals surface area contributed by atoms with E-state index in [-0.39, 0.29) is 18.1 Å². The second-order valence-corrected chi connectivity index (χ2v) is 6.36. The molecule has 0 unspecified atom stereocenters. The lowest BCUT2D eigenvalue weighted by Crippen LogP contribution is -2.27. The first kappa shape index (κ1) is 15.7. The molecule has 4 nitrogen and oxygen atoms in total. The van der Waals surface area contributed by atoms with Gasteiger partial charge in [0.15, 0.2) is 5.69 Å². The van der Waals surface area contributed by atoms with Crippen LogP contribution in [-0.4, -0.2) is 28.1 Å². The molecule has 0 bridgehead atoms. The summed E-state index contributed by atoms with van der Waals surface area (Å²) in [6, 6.07) is 10.0. The highest BCUT2D eigenvalue weighted by atomic mass is 35.5. The van der Waals surface area contributed by atoms with Gasteiger partial charge in [0.25, 0.3) is 5.91 Å². The van der Waals surface area contributed by atoms with Gasteiger partial charge in [0.05, 0.1) is 17.1 Å². The Morgan fingerprint density at radius 1 is 1.39 bits per heavy atom. The Balaban J connectivity index is 1.78. The van der Waals surface area contributed by atoms with E-state index in [0.29, 0.717) is 10.6 Å². The van der Waals surface area contributed by atoms with Gasteiger partial charge in [0, 0.05) is 17.6 Å². The Kier molecular flexibility index (Phi) is 4.45. The molecular formula is C16H13ClFN3OS. The lowest BCUT2D eigenvalue weighted by Gasteiger charge is -2.17. The van der Waals surface area contributed by atoms with Gasteiger partial charge in [-0.15, -0.1) is 11.3 Å². The lowest BCUT2D eigenvalue weighted by molar-refractivity contribution is 0.0778. The fourth-order valence-corrected chi connectivity index (χ4v) is 3.09. The van der Waals surface area contributed by atoms with Crippen LogP contribution in [-0.2, 0) is 6.54 Å². The molecule has 1 aromatic carbocycles. The molecule has 2 heterocycles. The van der Waals surface area contributed by atoms with Crippen molar-refractivity contribution in [2.24, 2.45) is 0 Å². The molecule has 0 fully saturated rings. The maximum absolute atomic E-state index is 13.8. The Labute approximate surface area is 141 Å². The third kappa shape index (κ3) is 3.28. The van der Waals surface area contributed by atoms with E-state index in [9.17, 15) is 9.18 Å². The summed E-state index contributed by atoms with van der Waals surface area (Å²) in [4.78, 5) is 14.8. The van der Waals surface area contributed by atoms with E-state index in [2.05, 4.69) is 10.2 Å². The molecule has 0 aliphatic heterocycles. The predicted octanol–water partition coefficient (Wildman–Crippen LogP) is 4.20. The third-order valence-electron chi connectivity index (χ3n) is 3.39. The number of hydrogen-bond acceptors (Lipinski definition) is 3. The molecule has 0 atom stereocenters. The molecule has 0 radical (unpaired) electrons. The summed E-state index contributed by atoms with van der Waals surface area (Å²) in [7, 11) is 1.59. The number of hydrogen-bond donors (Lipinski definition) is 1. The average molecular weight is 350 g/mol. The van der Waals surface area contributed by atoms with E-state index in [1.54, 1.807) is 30.5 Å². The summed E-state index contributed by atoms with van der Waals surface area (Å²) in [5.41, 5.74) is 1.35. The summed E-state index contributed by atoms with van der Waals surface area (Å²) in [5.74, 6) is -0.734. The fourth-order valence-electron chi connectivity index (χ4n) is 2.18. The van der Waals surface area contributed by atoms with Crippen LogP contribution in [0.1, 0.15) is 16.1 Å². The summed E-state index contributed by atoms with van der Waals surface area (Å²) in [6.07, 6.45) is 0. The lowest BCUT2D eigenvalue weighted by atomic mass is 10.2. The van der Waals surface area contributed by atoms with Crippen LogP contribution in [0.3, 0.4) is 0 Å². The molecule has 1 N–H and O–H groups in total. The molecule has 118 valence electrons. The molecule has 0 spiro atoms. The van der Waals surface area contributed by atoms with Crippen LogP contribution in [0.2, 0.25) is 5.02 Å². The topological polar surface area (TPSA) is 49.0 Å². The van der Waals surface area contributed by atoms with Crippen molar-refractivity contribution < 1.29 is 9.18 Å². The van der Waals surface area contributed by atoms with Crippen LogP contribution in [0.5, 0.6) is 0 Å². The number of benzene rings is 1. The average Bonchev–Trinajstić information content (AvgIpc) is 3.20. The highest BCUT2D eigenvalue weighted by molar-refractivity contribution is 7.13. The zero-order chi connectivity index (χ0) is 16.4. The first-order valence-corrected chi connectivity index (χ1v) is 8.09. The smallest absolute Gasteiger partial charge is 0.274 e. The Morgan fingerprint density at radius 3 is 2.91 bits per heavy atom. The SMILES string of the molecule is CN(Cc1c(F)cccc1Cl)C(=O)c1cc(-c2cccs2)[nH]n1. The van der Waals surface area contributed by atoms with Gasteiger partial charge < -0.3 is 4.90 Å². The molecule has 0 saturated heterocycles. The highest BCUT2D eigenvalue weighted by Gasteiger charge is 2.18. The largest absolute Gasteiger partial charge is 0.336 e. The Hall–Kier alpha value is -2.18. The van der Waals surface area contributed by atoms with Gasteiger partial charge in [-0.05, 0) is 29.6 Å². The number of amides is 1. The van der Waals surface area contributed by atoms with Crippen molar-refractivity contribution in [3.8, 4) is 10.6 Å². The van der Waals surface area contributed by atoms with Crippen LogP contribution >= 0.6 is 22.9 Å². The van der Waals surface area contributed by atoms with Crippen molar-refractivity contribution in [3.63, 3.8) is 0 Å². The molecule has 3 rings (SSSR count). The number of carbonyl (C=O) groups is 1. The van der Waals surface area contributed by atoms with Gasteiger partial charge in [-0.2, -0.15) is 5.10 Å². The van der Waals surface area contributed by atoms with Crippen molar-refractivity contribution in [2.45, 2.75) is 6.54 Å². The monoisotopic (exact) mass is 349 g/mol. The minimum atomic E-state index is -0.432. The van der Waals surface area contributed by atoms with Gasteiger partial charge in [0.2, 0.25) is 0 Å². The molecule has 0 aliphatic carbocycles. The fraction of sp³-hybridized carbons (Fsp3) is 0.125. The van der Waals surface area contributed by atoms with Gasteiger partial charge in [-0.1, -0.05) is 23.7 Å². The minimum Gasteiger partial charge on any atom is -0.336 e. The van der Waals surface area contributed by atoms with Crippen molar-refractivity contribution >= 4 is 28.8 Å². The number of aromatic amines is 1. The zero-order valence-corrected chi connectivity index (χ0v) is 13.8. The summed E-state index contributed by atoms with van der Waals surface area (Å²) in [5, 5.41) is 9.13. The number of H-pyrrole nitrogens is 1. The summed E-state index contributed by atoms with van der Waals surface area (Å²) in [6.45, 7) is 0.0749. The quantitative estimate of drug-likeness (QED) is 0.767. The highest BCUT2D eigenvalue weighted by Crippen LogP contribution is 2.24. The second-order valence-electron chi connectivity index (χ2n) is 5.01. The van der Waals surface area contributed by atoms with E-state index in [1.165, 1.54) is 17.0 Å². The Morgan fingerprint density at radius 2 is 2.22 bits per heavy atom. The molecule has 3 aromatic rings. The van der Waals surface area contributed by atoms with Crippen LogP contribution in [0.4, 0.5) is 4.39 Å². The van der Waals surface area contributed by atoms with Crippen LogP contribution in [0.25, 0.3) is 10.6 Å². The molecule has 23 heavy (non-hydrogen) atoms. The number of thiophene rings is 1. The number of nitrogens with one attached hydrogen (secondary N) is 1. The van der Waals surface area contributed by atoms with Gasteiger partial charge in [-0.3, -0.25) is 9.89 Å². The second kappa shape index (κ2) is 6.52. The van der Waals surface area contributed by atoms with E-state index < -0.39 is 5.82 Å². The van der Waals surface area contributed by atoms with Gasteiger partial charge >= 0.3 is 0 Å². The molecule has 0 aliphatic rings. The third-order valence-corrected chi connectivity index (χ3v) is 4.64. The maximum atomic E-state index is 13.8. The van der Waals surface area contributed by atoms with Crippen molar-refractivity contribution in [2.75, 3.05) is 7.05 Å². The molecule has 1 amide bonds. The van der Waals surface area contributed by atoms with Crippen LogP contribution < -0.4 is 0 Å². The minimum absolute atomic E-state index is 0.0749. The molecule has 0 saturated carbocycles. The van der Waals surface area contributed by atoms with Crippen molar-refractivity contribution in [1.29, 1.82) is 0 Å². The molecule has 2 aromatic heterocycles. The van der Waals surface area contributed by atoms with E-state index in [4.69, 9.17) is 11.6 Å². The number of aromatic nitrogens is 2. The summed E-state index contributed by atoms with van der Waals surface area (Å²) >= 11 is 7.55. The summed E-state index contributed by atoms with van der Waals surface area (Å²) < 4.78 is 13.8. The Bertz CT molecular complexity index is 811. The van der Waals surface area contributed by atoms with Crippen LogP contribution in [0, 0.1) is 5.82 Å². The normalized spacial score (nSPS) is 10.7. The number of carbonyl (C=O) groups excluding carboxylic acids is 1. The molecule has 7 heteroatoms. The van der Waals surface area contributed by atoms with Gasteiger partial charge in [-0.25, -0.2) is 4.39 Å². The number of rotatable bonds is 4. The standard InChI is InChI=1S/C16H13ClFN3OS/c1-21(9-10-11(17)4-2-5-12(10)18)16(22)14-8-13(19-20-14)15-6-3-7-23-15/h2-8H,9H2,1H3,(H,19,20). The first-order valence-electron chi connectivity index (χ1n) is 6.84. The number of nitrogens with zero attached hydrogens (tertiary/aromatic N) is 2. The van der Waals surface area contributed by atoms with Crippen molar-refractivity contribution in [1.82, 2.24) is 15.1 Å².